The van der Waals surface area contributed by atoms with Crippen LogP contribution in [0.4, 0.5) is 0 Å². The van der Waals surface area contributed by atoms with E-state index in [0.717, 1.165) is 49.6 Å². The highest BCUT2D eigenvalue weighted by atomic mass is 32.1. The summed E-state index contributed by atoms with van der Waals surface area (Å²) in [5.74, 6) is -0.502. The van der Waals surface area contributed by atoms with Crippen LogP contribution in [0.5, 0.6) is 0 Å². The van der Waals surface area contributed by atoms with Gasteiger partial charge in [-0.2, -0.15) is 0 Å². The van der Waals surface area contributed by atoms with Gasteiger partial charge < -0.3 is 9.64 Å². The maximum Gasteiger partial charge on any atom is 0.241 e. The van der Waals surface area contributed by atoms with Gasteiger partial charge in [-0.25, -0.2) is 0 Å². The number of piperidine rings is 1. The molecule has 2 aromatic rings. The number of likely N-dealkylation sites (tertiary alicyclic amines) is 2. The number of nitrogens with zero attached hydrogens (tertiary/aromatic N) is 3. The Bertz CT molecular complexity index is 1010. The monoisotopic (exact) mass is 481 g/mol. The summed E-state index contributed by atoms with van der Waals surface area (Å²) >= 11 is 1.53. The van der Waals surface area contributed by atoms with Crippen molar-refractivity contribution < 1.29 is 19.1 Å². The minimum Gasteiger partial charge on any atom is -0.379 e. The van der Waals surface area contributed by atoms with E-state index in [-0.39, 0.29) is 37.1 Å². The summed E-state index contributed by atoms with van der Waals surface area (Å²) in [6.07, 6.45) is 1.94. The molecule has 3 aliphatic heterocycles. The first-order valence-electron chi connectivity index (χ1n) is 12.1. The molecule has 7 nitrogen and oxygen atoms in total. The summed E-state index contributed by atoms with van der Waals surface area (Å²) in [7, 11) is 0. The highest BCUT2D eigenvalue weighted by Crippen LogP contribution is 2.41. The van der Waals surface area contributed by atoms with Crippen LogP contribution in [0.3, 0.4) is 0 Å². The van der Waals surface area contributed by atoms with Gasteiger partial charge in [-0.3, -0.25) is 24.2 Å². The quantitative estimate of drug-likeness (QED) is 0.594. The zero-order valence-corrected chi connectivity index (χ0v) is 20.2. The van der Waals surface area contributed by atoms with E-state index in [2.05, 4.69) is 4.90 Å². The van der Waals surface area contributed by atoms with Crippen molar-refractivity contribution in [2.45, 2.75) is 43.7 Å². The van der Waals surface area contributed by atoms with E-state index in [9.17, 15) is 14.4 Å². The fourth-order valence-corrected chi connectivity index (χ4v) is 6.23. The summed E-state index contributed by atoms with van der Waals surface area (Å²) < 4.78 is 5.47. The van der Waals surface area contributed by atoms with Gasteiger partial charge in [-0.05, 0) is 29.9 Å². The second kappa shape index (κ2) is 9.98. The topological polar surface area (TPSA) is 70.2 Å². The van der Waals surface area contributed by atoms with Crippen molar-refractivity contribution in [1.82, 2.24) is 14.7 Å². The normalized spacial score (nSPS) is 24.7. The Morgan fingerprint density at radius 1 is 1.00 bits per heavy atom. The van der Waals surface area contributed by atoms with Crippen LogP contribution in [0.15, 0.2) is 47.8 Å². The number of amides is 3. The standard InChI is InChI=1S/C26H31N3O4S/c30-23(28-10-8-21(9-11-28)27-12-14-33-15-13-27)17-26(20-5-2-1-3-6-20)18-24(31)29(25(26)32)19-22-7-4-16-34-22/h1-7,16,21H,8-15,17-19H2. The van der Waals surface area contributed by atoms with Gasteiger partial charge in [0.2, 0.25) is 17.7 Å². The molecule has 1 unspecified atom stereocenters. The van der Waals surface area contributed by atoms with Crippen LogP contribution in [0.25, 0.3) is 0 Å². The fourth-order valence-electron chi connectivity index (χ4n) is 5.54. The predicted molar refractivity (Wildman–Crippen MR) is 129 cm³/mol. The minimum atomic E-state index is -1.13. The Hall–Kier alpha value is -2.55. The van der Waals surface area contributed by atoms with Crippen LogP contribution in [0.1, 0.15) is 36.1 Å². The molecule has 1 aromatic heterocycles. The summed E-state index contributed by atoms with van der Waals surface area (Å²) in [5.41, 5.74) is -0.383. The highest BCUT2D eigenvalue weighted by Gasteiger charge is 2.54. The van der Waals surface area contributed by atoms with Crippen molar-refractivity contribution in [1.29, 1.82) is 0 Å². The maximum atomic E-state index is 13.8. The molecule has 180 valence electrons. The van der Waals surface area contributed by atoms with Crippen LogP contribution in [-0.2, 0) is 31.1 Å². The summed E-state index contributed by atoms with van der Waals surface area (Å²) in [4.78, 5) is 47.0. The molecule has 3 aliphatic rings. The average molecular weight is 482 g/mol. The lowest BCUT2D eigenvalue weighted by Crippen LogP contribution is -2.51. The SMILES string of the molecule is O=C(CC1(c2ccccc2)CC(=O)N(Cc2cccs2)C1=O)N1CCC(N2CCOCC2)CC1. The van der Waals surface area contributed by atoms with Crippen molar-refractivity contribution in [3.8, 4) is 0 Å². The molecule has 0 saturated carbocycles. The molecule has 0 bridgehead atoms. The zero-order chi connectivity index (χ0) is 23.5. The summed E-state index contributed by atoms with van der Waals surface area (Å²) in [6, 6.07) is 13.7. The van der Waals surface area contributed by atoms with Crippen LogP contribution >= 0.6 is 11.3 Å². The van der Waals surface area contributed by atoms with E-state index in [4.69, 9.17) is 4.74 Å². The third-order valence-corrected chi connectivity index (χ3v) is 8.32. The number of carbonyl (C=O) groups is 3. The number of benzene rings is 1. The van der Waals surface area contributed by atoms with Crippen molar-refractivity contribution in [3.05, 3.63) is 58.3 Å². The van der Waals surface area contributed by atoms with E-state index in [0.29, 0.717) is 19.1 Å². The lowest BCUT2D eigenvalue weighted by molar-refractivity contribution is -0.143. The fraction of sp³-hybridized carbons (Fsp3) is 0.500. The van der Waals surface area contributed by atoms with Crippen LogP contribution in [-0.4, -0.2) is 77.9 Å². The molecule has 4 heterocycles. The number of hydrogen-bond acceptors (Lipinski definition) is 6. The summed E-state index contributed by atoms with van der Waals surface area (Å²) in [5, 5.41) is 1.94. The Labute approximate surface area is 204 Å². The van der Waals surface area contributed by atoms with E-state index >= 15 is 0 Å². The van der Waals surface area contributed by atoms with Crippen LogP contribution < -0.4 is 0 Å². The van der Waals surface area contributed by atoms with Gasteiger partial charge in [0.05, 0.1) is 25.2 Å². The number of carbonyl (C=O) groups excluding carboxylic acids is 3. The van der Waals surface area contributed by atoms with Crippen molar-refractivity contribution in [2.24, 2.45) is 0 Å². The Kier molecular flexibility index (Phi) is 6.81. The molecule has 3 saturated heterocycles. The molecular formula is C26H31N3O4S. The third-order valence-electron chi connectivity index (χ3n) is 7.46. The third kappa shape index (κ3) is 4.54. The number of morpholine rings is 1. The van der Waals surface area contributed by atoms with Crippen molar-refractivity contribution in [3.63, 3.8) is 0 Å². The molecule has 0 spiro atoms. The second-order valence-electron chi connectivity index (χ2n) is 9.43. The van der Waals surface area contributed by atoms with Crippen LogP contribution in [0, 0.1) is 0 Å². The maximum absolute atomic E-state index is 13.8. The van der Waals surface area contributed by atoms with Gasteiger partial charge in [0.15, 0.2) is 0 Å². The molecule has 8 heteroatoms. The number of thiophene rings is 1. The molecule has 0 radical (unpaired) electrons. The Balaban J connectivity index is 1.32. The average Bonchev–Trinajstić information content (AvgIpc) is 3.48. The highest BCUT2D eigenvalue weighted by molar-refractivity contribution is 7.09. The van der Waals surface area contributed by atoms with Crippen molar-refractivity contribution in [2.75, 3.05) is 39.4 Å². The van der Waals surface area contributed by atoms with E-state index in [1.54, 1.807) is 0 Å². The van der Waals surface area contributed by atoms with Gasteiger partial charge in [-0.15, -0.1) is 11.3 Å². The number of rotatable bonds is 6. The lowest BCUT2D eigenvalue weighted by atomic mass is 9.75. The molecule has 5 rings (SSSR count). The molecule has 0 N–H and O–H groups in total. The second-order valence-corrected chi connectivity index (χ2v) is 10.5. The van der Waals surface area contributed by atoms with E-state index in [1.807, 2.05) is 52.7 Å². The smallest absolute Gasteiger partial charge is 0.241 e. The first kappa shape index (κ1) is 23.2. The van der Waals surface area contributed by atoms with Gasteiger partial charge in [-0.1, -0.05) is 36.4 Å². The van der Waals surface area contributed by atoms with E-state index in [1.165, 1.54) is 16.2 Å². The van der Waals surface area contributed by atoms with Gasteiger partial charge >= 0.3 is 0 Å². The van der Waals surface area contributed by atoms with E-state index < -0.39 is 5.41 Å². The summed E-state index contributed by atoms with van der Waals surface area (Å²) in [6.45, 7) is 5.09. The molecule has 1 atom stereocenters. The predicted octanol–water partition coefficient (Wildman–Crippen LogP) is 2.66. The number of hydrogen-bond donors (Lipinski definition) is 0. The Morgan fingerprint density at radius 3 is 2.41 bits per heavy atom. The van der Waals surface area contributed by atoms with Crippen molar-refractivity contribution >= 4 is 29.1 Å². The van der Waals surface area contributed by atoms with Gasteiger partial charge in [0, 0.05) is 49.9 Å². The number of imide groups is 1. The van der Waals surface area contributed by atoms with Gasteiger partial charge in [0.25, 0.3) is 0 Å². The molecule has 1 aromatic carbocycles. The largest absolute Gasteiger partial charge is 0.379 e. The molecule has 3 amide bonds. The molecule has 34 heavy (non-hydrogen) atoms. The van der Waals surface area contributed by atoms with Crippen LogP contribution in [0.2, 0.25) is 0 Å². The Morgan fingerprint density at radius 2 is 1.74 bits per heavy atom. The molecular weight excluding hydrogens is 450 g/mol. The minimum absolute atomic E-state index is 0.0325. The van der Waals surface area contributed by atoms with Gasteiger partial charge in [0.1, 0.15) is 0 Å². The first-order chi connectivity index (χ1) is 16.6. The lowest BCUT2D eigenvalue weighted by Gasteiger charge is -2.40. The molecule has 3 fully saturated rings. The zero-order valence-electron chi connectivity index (χ0n) is 19.4. The molecule has 0 aliphatic carbocycles. The number of ether oxygens (including phenoxy) is 1. The first-order valence-corrected chi connectivity index (χ1v) is 13.0.